The Labute approximate surface area is 275 Å². The highest BCUT2D eigenvalue weighted by Crippen LogP contribution is 2.34. The van der Waals surface area contributed by atoms with Crippen molar-refractivity contribution in [1.82, 2.24) is 15.3 Å². The summed E-state index contributed by atoms with van der Waals surface area (Å²) in [7, 11) is 0. The third kappa shape index (κ3) is 8.56. The number of amidine groups is 1. The van der Waals surface area contributed by atoms with E-state index in [1.807, 2.05) is 30.7 Å². The van der Waals surface area contributed by atoms with E-state index in [1.54, 1.807) is 5.57 Å². The molecule has 0 radical (unpaired) electrons. The average Bonchev–Trinajstić information content (AvgIpc) is 3.05. The van der Waals surface area contributed by atoms with E-state index in [9.17, 15) is 0 Å². The van der Waals surface area contributed by atoms with Gasteiger partial charge in [0.25, 0.3) is 0 Å². The fourth-order valence-corrected chi connectivity index (χ4v) is 6.04. The number of rotatable bonds is 7. The lowest BCUT2D eigenvalue weighted by Gasteiger charge is -2.23. The summed E-state index contributed by atoms with van der Waals surface area (Å²) in [5.41, 5.74) is 7.08. The highest BCUT2D eigenvalue weighted by Gasteiger charge is 2.21. The van der Waals surface area contributed by atoms with Crippen molar-refractivity contribution in [3.05, 3.63) is 94.8 Å². The first-order valence-corrected chi connectivity index (χ1v) is 17.3. The molecule has 4 bridgehead atoms. The first kappa shape index (κ1) is 33.2. The van der Waals surface area contributed by atoms with Crippen LogP contribution in [0, 0.1) is 5.92 Å². The molecule has 1 unspecified atom stereocenters. The second kappa shape index (κ2) is 16.4. The van der Waals surface area contributed by atoms with Crippen molar-refractivity contribution in [1.29, 1.82) is 0 Å². The summed E-state index contributed by atoms with van der Waals surface area (Å²) in [5.74, 6) is 4.27. The van der Waals surface area contributed by atoms with Gasteiger partial charge in [-0.05, 0) is 82.8 Å². The highest BCUT2D eigenvalue weighted by molar-refractivity contribution is 6.02. The Hall–Kier alpha value is -4.13. The molecule has 2 N–H and O–H groups in total. The molecule has 1 aliphatic carbocycles. The number of ether oxygens (including phenoxy) is 2. The van der Waals surface area contributed by atoms with Gasteiger partial charge >= 0.3 is 0 Å². The molecule has 4 heterocycles. The van der Waals surface area contributed by atoms with Crippen LogP contribution < -0.4 is 20.1 Å². The smallest absolute Gasteiger partial charge is 0.141 e. The number of hydrogen-bond acceptors (Lipinski definition) is 7. The molecule has 0 amide bonds. The van der Waals surface area contributed by atoms with Crippen LogP contribution in [0.3, 0.4) is 0 Å². The largest absolute Gasteiger partial charge is 0.492 e. The summed E-state index contributed by atoms with van der Waals surface area (Å²) in [5, 5.41) is 6.83. The van der Waals surface area contributed by atoms with Crippen LogP contribution in [0.25, 0.3) is 5.57 Å². The number of allylic oxidation sites excluding steroid dienone is 8. The second-order valence-corrected chi connectivity index (χ2v) is 12.5. The number of aliphatic imine (C=N–C) groups is 1. The van der Waals surface area contributed by atoms with Gasteiger partial charge in [-0.2, -0.15) is 0 Å². The van der Waals surface area contributed by atoms with E-state index in [4.69, 9.17) is 19.5 Å². The minimum absolute atomic E-state index is 0.0734. The third-order valence-corrected chi connectivity index (χ3v) is 9.13. The molecule has 2 aromatic rings. The Balaban J connectivity index is 1.47. The van der Waals surface area contributed by atoms with Crippen molar-refractivity contribution in [3.8, 4) is 11.5 Å². The second-order valence-electron chi connectivity index (χ2n) is 12.5. The fraction of sp³-hybridized carbons (Fsp3) is 0.462. The van der Waals surface area contributed by atoms with Crippen molar-refractivity contribution in [2.75, 3.05) is 18.5 Å². The lowest BCUT2D eigenvalue weighted by Crippen LogP contribution is -2.30. The number of anilines is 1. The topological polar surface area (TPSA) is 80.7 Å². The van der Waals surface area contributed by atoms with Gasteiger partial charge in [-0.3, -0.25) is 4.98 Å². The van der Waals surface area contributed by atoms with E-state index < -0.39 is 0 Å². The number of pyridine rings is 2. The van der Waals surface area contributed by atoms with Crippen LogP contribution in [0.5, 0.6) is 11.5 Å². The van der Waals surface area contributed by atoms with Gasteiger partial charge in [0.1, 0.15) is 29.0 Å². The maximum atomic E-state index is 6.68. The lowest BCUT2D eigenvalue weighted by molar-refractivity contribution is 0.176. The molecule has 0 saturated heterocycles. The minimum atomic E-state index is -0.0734. The van der Waals surface area contributed by atoms with Crippen molar-refractivity contribution >= 4 is 17.2 Å². The molecule has 244 valence electrons. The van der Waals surface area contributed by atoms with Crippen molar-refractivity contribution in [2.45, 2.75) is 98.5 Å². The number of nitrogens with one attached hydrogen (secondary N) is 2. The Kier molecular flexibility index (Phi) is 11.9. The molecule has 46 heavy (non-hydrogen) atoms. The van der Waals surface area contributed by atoms with Crippen LogP contribution in [0.4, 0.5) is 5.82 Å². The third-order valence-electron chi connectivity index (χ3n) is 9.13. The molecule has 0 fully saturated rings. The van der Waals surface area contributed by atoms with Crippen LogP contribution in [0.1, 0.15) is 103 Å². The van der Waals surface area contributed by atoms with Gasteiger partial charge < -0.3 is 20.1 Å². The average molecular weight is 622 g/mol. The van der Waals surface area contributed by atoms with Gasteiger partial charge in [0.05, 0.1) is 18.3 Å². The van der Waals surface area contributed by atoms with Gasteiger partial charge in [0.15, 0.2) is 0 Å². The Morgan fingerprint density at radius 1 is 1.13 bits per heavy atom. The van der Waals surface area contributed by atoms with Crippen LogP contribution in [-0.4, -0.2) is 35.1 Å². The normalized spacial score (nSPS) is 21.4. The SMILES string of the molecule is C/C=C(\C=C(\C/C=C1\CC/C=C/CCC1)C(C)CC)c1cnc2cc1O[C@@H](C)CCOc1c(CC)cncc1C1=NC(=CCN1)N2. The van der Waals surface area contributed by atoms with Gasteiger partial charge in [-0.1, -0.05) is 62.3 Å². The summed E-state index contributed by atoms with van der Waals surface area (Å²) in [6, 6.07) is 2.01. The molecular formula is C39H51N5O2. The molecule has 2 aromatic heterocycles. The number of aryl methyl sites for hydroxylation is 1. The van der Waals surface area contributed by atoms with E-state index in [-0.39, 0.29) is 6.10 Å². The van der Waals surface area contributed by atoms with Crippen LogP contribution in [-0.2, 0) is 6.42 Å². The predicted molar refractivity (Wildman–Crippen MR) is 190 cm³/mol. The Bertz CT molecular complexity index is 1550. The zero-order chi connectivity index (χ0) is 32.3. The minimum Gasteiger partial charge on any atom is -0.492 e. The molecule has 0 aromatic carbocycles. The predicted octanol–water partition coefficient (Wildman–Crippen LogP) is 9.10. The molecule has 2 atom stereocenters. The molecular weight excluding hydrogens is 570 g/mol. The maximum Gasteiger partial charge on any atom is 0.141 e. The zero-order valence-corrected chi connectivity index (χ0v) is 28.4. The van der Waals surface area contributed by atoms with E-state index in [1.165, 1.54) is 31.3 Å². The standard InChI is InChI=1S/C39H51N5O2/c1-6-27(4)32(17-16-29-14-12-10-9-11-13-15-29)22-30(7-2)33-26-42-37-23-35(33)46-28(5)19-21-45-38-31(8-3)24-40-25-34(38)39-41-20-18-36(43-37)44-39/h7,9-10,16,18,22-28H,6,8,11-15,17,19-21H2,1-5H3,(H,41,44)(H,42,43)/b10-9+,29-16+,30-7+,32-22-/t27?,28-/m0/s1. The molecule has 7 heteroatoms. The summed E-state index contributed by atoms with van der Waals surface area (Å²) in [6.45, 7) is 12.1. The number of nitrogens with zero attached hydrogens (tertiary/aromatic N) is 3. The molecule has 3 aliphatic rings. The Morgan fingerprint density at radius 3 is 2.83 bits per heavy atom. The zero-order valence-electron chi connectivity index (χ0n) is 28.4. The van der Waals surface area contributed by atoms with Crippen LogP contribution >= 0.6 is 0 Å². The summed E-state index contributed by atoms with van der Waals surface area (Å²) < 4.78 is 13.1. The van der Waals surface area contributed by atoms with Gasteiger partial charge in [0, 0.05) is 48.7 Å². The van der Waals surface area contributed by atoms with E-state index in [0.29, 0.717) is 24.9 Å². The quantitative estimate of drug-likeness (QED) is 0.237. The van der Waals surface area contributed by atoms with Crippen molar-refractivity contribution in [3.63, 3.8) is 0 Å². The van der Waals surface area contributed by atoms with Gasteiger partial charge in [-0.15, -0.1) is 0 Å². The van der Waals surface area contributed by atoms with Crippen molar-refractivity contribution in [2.24, 2.45) is 10.9 Å². The molecule has 0 saturated carbocycles. The summed E-state index contributed by atoms with van der Waals surface area (Å²) in [6.07, 6.45) is 28.9. The Morgan fingerprint density at radius 2 is 2.00 bits per heavy atom. The number of aromatic nitrogens is 2. The maximum absolute atomic E-state index is 6.68. The molecule has 7 nitrogen and oxygen atoms in total. The fourth-order valence-electron chi connectivity index (χ4n) is 6.04. The summed E-state index contributed by atoms with van der Waals surface area (Å²) in [4.78, 5) is 14.2. The number of hydrogen-bond donors (Lipinski definition) is 2. The van der Waals surface area contributed by atoms with Gasteiger partial charge in [0.2, 0.25) is 0 Å². The van der Waals surface area contributed by atoms with Crippen LogP contribution in [0.15, 0.2) is 83.1 Å². The first-order valence-electron chi connectivity index (χ1n) is 17.3. The summed E-state index contributed by atoms with van der Waals surface area (Å²) >= 11 is 0. The lowest BCUT2D eigenvalue weighted by atomic mass is 9.90. The molecule has 5 rings (SSSR count). The van der Waals surface area contributed by atoms with Crippen molar-refractivity contribution < 1.29 is 9.47 Å². The van der Waals surface area contributed by atoms with E-state index >= 15 is 0 Å². The molecule has 0 spiro atoms. The number of fused-ring (bicyclic) bond motifs is 5. The van der Waals surface area contributed by atoms with Crippen LogP contribution in [0.2, 0.25) is 0 Å². The monoisotopic (exact) mass is 621 g/mol. The highest BCUT2D eigenvalue weighted by atomic mass is 16.5. The van der Waals surface area contributed by atoms with Gasteiger partial charge in [-0.25, -0.2) is 9.98 Å². The molecule has 2 aliphatic heterocycles. The first-order chi connectivity index (χ1) is 22.5. The van der Waals surface area contributed by atoms with E-state index in [2.05, 4.69) is 80.6 Å². The van der Waals surface area contributed by atoms with E-state index in [0.717, 1.165) is 77.5 Å².